The van der Waals surface area contributed by atoms with Crippen LogP contribution in [0.5, 0.6) is 0 Å². The van der Waals surface area contributed by atoms with Gasteiger partial charge in [-0.1, -0.05) is 0 Å². The molecule has 0 rings (SSSR count). The van der Waals surface area contributed by atoms with Crippen LogP contribution in [0.15, 0.2) is 6.58 Å². The average Bonchev–Trinajstić information content (AvgIpc) is 1.35. The molecule has 0 aromatic heterocycles. The minimum atomic E-state index is -4.32. The number of rotatable bonds is 0. The Kier molecular flexibility index (Phi) is 4.61. The van der Waals surface area contributed by atoms with E-state index in [1.807, 2.05) is 0 Å². The molecule has 0 amide bonds. The van der Waals surface area contributed by atoms with Gasteiger partial charge in [0.2, 0.25) is 0 Å². The van der Waals surface area contributed by atoms with E-state index in [2.05, 4.69) is 6.58 Å². The monoisotopic (exact) mass is 102 g/mol. The summed E-state index contributed by atoms with van der Waals surface area (Å²) in [6.45, 7) is 2.38. The summed E-state index contributed by atoms with van der Waals surface area (Å²) in [5, 5.41) is 0. The molecule has 7 heavy (non-hydrogen) atoms. The first kappa shape index (κ1) is 10.2. The van der Waals surface area contributed by atoms with Crippen molar-refractivity contribution in [3.05, 3.63) is 12.7 Å². The topological polar surface area (TPSA) is 0 Å². The van der Waals surface area contributed by atoms with Gasteiger partial charge in [0.15, 0.2) is 0 Å². The molecule has 0 atom stereocenters. The molecule has 36 valence electrons. The molecule has 0 nitrogen and oxygen atoms in total. The van der Waals surface area contributed by atoms with Crippen LogP contribution in [0.1, 0.15) is 0 Å². The largest absolute Gasteiger partial charge is 1.00 e. The number of hydrogen-bond donors (Lipinski definition) is 0. The summed E-state index contributed by atoms with van der Waals surface area (Å²) in [6, 6.07) is 0. The molecule has 0 spiro atoms. The van der Waals surface area contributed by atoms with Gasteiger partial charge in [-0.05, 0) is 0 Å². The molecule has 4 heteroatoms. The van der Waals surface area contributed by atoms with Gasteiger partial charge in [0.1, 0.15) is 0 Å². The third-order valence-electron chi connectivity index (χ3n) is 0.200. The molecule has 0 bridgehead atoms. The van der Waals surface area contributed by atoms with Gasteiger partial charge >= 0.3 is 18.9 Å². The van der Waals surface area contributed by atoms with Crippen LogP contribution in [-0.4, -0.2) is 6.18 Å². The molecule has 0 aliphatic heterocycles. The van der Waals surface area contributed by atoms with Crippen LogP contribution < -0.4 is 18.9 Å². The maximum atomic E-state index is 10.6. The van der Waals surface area contributed by atoms with E-state index in [-0.39, 0.29) is 18.9 Å². The molecule has 0 fully saturated rings. The Labute approximate surface area is 51.6 Å². The first-order chi connectivity index (χ1) is 2.56. The maximum absolute atomic E-state index is 10.6. The molecule has 0 saturated heterocycles. The summed E-state index contributed by atoms with van der Waals surface area (Å²) in [5.41, 5.74) is 0. The van der Waals surface area contributed by atoms with Crippen molar-refractivity contribution in [2.45, 2.75) is 6.18 Å². The second kappa shape index (κ2) is 3.17. The van der Waals surface area contributed by atoms with Gasteiger partial charge in [-0.25, -0.2) is 13.2 Å². The molecule has 0 aliphatic carbocycles. The summed E-state index contributed by atoms with van der Waals surface area (Å²) >= 11 is 0. The number of allylic oxidation sites excluding steroid dienone is 1. The van der Waals surface area contributed by atoms with E-state index in [4.69, 9.17) is 0 Å². The third-order valence-corrected chi connectivity index (χ3v) is 0.200. The Morgan fingerprint density at radius 2 is 1.43 bits per heavy atom. The van der Waals surface area contributed by atoms with Crippen molar-refractivity contribution in [3.63, 3.8) is 0 Å². The van der Waals surface area contributed by atoms with Gasteiger partial charge in [0, 0.05) is 0 Å². The second-order valence-electron chi connectivity index (χ2n) is 0.675. The Bertz CT molecular complexity index is 55.7. The van der Waals surface area contributed by atoms with Crippen LogP contribution >= 0.6 is 0 Å². The average molecular weight is 102 g/mol. The molecular formula is C3H2F3Li. The summed E-state index contributed by atoms with van der Waals surface area (Å²) < 4.78 is 31.8. The van der Waals surface area contributed by atoms with Crippen LogP contribution in [-0.2, 0) is 0 Å². The second-order valence-corrected chi connectivity index (χ2v) is 0.675. The number of hydrogen-bond acceptors (Lipinski definition) is 0. The van der Waals surface area contributed by atoms with Crippen LogP contribution in [0.2, 0.25) is 0 Å². The van der Waals surface area contributed by atoms with Gasteiger partial charge in [-0.15, -0.1) is 0 Å². The SMILES string of the molecule is C=[C-]C(F)(F)F.[Li+]. The normalized spacial score (nSPS) is 9.57. The first-order valence-corrected chi connectivity index (χ1v) is 1.17. The van der Waals surface area contributed by atoms with Crippen molar-refractivity contribution in [3.8, 4) is 0 Å². The minimum absolute atomic E-state index is 0. The van der Waals surface area contributed by atoms with Crippen molar-refractivity contribution in [2.24, 2.45) is 0 Å². The number of alkyl halides is 3. The zero-order chi connectivity index (χ0) is 5.21. The Morgan fingerprint density at radius 3 is 1.43 bits per heavy atom. The van der Waals surface area contributed by atoms with Gasteiger partial charge < -0.3 is 6.08 Å². The number of halogens is 3. The predicted molar refractivity (Wildman–Crippen MR) is 14.9 cm³/mol. The van der Waals surface area contributed by atoms with Gasteiger partial charge in [0.25, 0.3) is 6.18 Å². The molecule has 0 unspecified atom stereocenters. The zero-order valence-corrected chi connectivity index (χ0v) is 3.84. The fraction of sp³-hybridized carbons (Fsp3) is 0.333. The van der Waals surface area contributed by atoms with Crippen molar-refractivity contribution >= 4 is 0 Å². The van der Waals surface area contributed by atoms with Gasteiger partial charge in [0.05, 0.1) is 0 Å². The maximum Gasteiger partial charge on any atom is 1.00 e. The molecule has 0 heterocycles. The quantitative estimate of drug-likeness (QED) is 0.259. The van der Waals surface area contributed by atoms with E-state index in [9.17, 15) is 13.2 Å². The summed E-state index contributed by atoms with van der Waals surface area (Å²) in [5.74, 6) is 0. The zero-order valence-electron chi connectivity index (χ0n) is 3.84. The van der Waals surface area contributed by atoms with Crippen molar-refractivity contribution in [1.29, 1.82) is 0 Å². The van der Waals surface area contributed by atoms with E-state index in [0.29, 0.717) is 0 Å². The first-order valence-electron chi connectivity index (χ1n) is 1.17. The predicted octanol–water partition coefficient (Wildman–Crippen LogP) is -1.46. The van der Waals surface area contributed by atoms with E-state index >= 15 is 0 Å². The van der Waals surface area contributed by atoms with E-state index in [1.54, 1.807) is 0 Å². The minimum Gasteiger partial charge on any atom is -0.396 e. The van der Waals surface area contributed by atoms with Crippen LogP contribution in [0.4, 0.5) is 13.2 Å². The van der Waals surface area contributed by atoms with Gasteiger partial charge in [-0.2, -0.15) is 0 Å². The summed E-state index contributed by atoms with van der Waals surface area (Å²) in [4.78, 5) is 0. The van der Waals surface area contributed by atoms with Gasteiger partial charge in [-0.3, -0.25) is 6.58 Å². The molecule has 0 saturated carbocycles. The Hall–Kier alpha value is 0.127. The van der Waals surface area contributed by atoms with E-state index < -0.39 is 6.18 Å². The Morgan fingerprint density at radius 1 is 1.29 bits per heavy atom. The van der Waals surface area contributed by atoms with Crippen LogP contribution in [0.25, 0.3) is 0 Å². The fourth-order valence-corrected chi connectivity index (χ4v) is 0. The van der Waals surface area contributed by atoms with Crippen molar-refractivity contribution in [2.75, 3.05) is 0 Å². The molecule has 0 aromatic rings. The Balaban J connectivity index is 0. The standard InChI is InChI=1S/C3H2F3.Li/c1-2-3(4,5)6;/h1H2;/q-1;+1. The summed E-state index contributed by atoms with van der Waals surface area (Å²) in [7, 11) is 0. The van der Waals surface area contributed by atoms with Crippen LogP contribution in [0, 0.1) is 6.08 Å². The van der Waals surface area contributed by atoms with E-state index in [0.717, 1.165) is 6.08 Å². The third kappa shape index (κ3) is 10.7. The molecule has 0 radical (unpaired) electrons. The summed E-state index contributed by atoms with van der Waals surface area (Å²) in [6.07, 6.45) is -3.47. The van der Waals surface area contributed by atoms with E-state index in [1.165, 1.54) is 0 Å². The molecular weight excluding hydrogens is 100.0 g/mol. The molecule has 0 N–H and O–H groups in total. The molecule has 0 aliphatic rings. The molecule has 0 aromatic carbocycles. The van der Waals surface area contributed by atoms with Crippen LogP contribution in [0.3, 0.4) is 0 Å². The smallest absolute Gasteiger partial charge is 0.396 e. The van der Waals surface area contributed by atoms with Crippen molar-refractivity contribution in [1.82, 2.24) is 0 Å². The fourth-order valence-electron chi connectivity index (χ4n) is 0. The van der Waals surface area contributed by atoms with Crippen molar-refractivity contribution < 1.29 is 32.0 Å².